The van der Waals surface area contributed by atoms with Crippen molar-refractivity contribution >= 4 is 22.8 Å². The molecular weight excluding hydrogens is 354 g/mol. The highest BCUT2D eigenvalue weighted by molar-refractivity contribution is 5.80. The highest BCUT2D eigenvalue weighted by Gasteiger charge is 2.32. The van der Waals surface area contributed by atoms with Gasteiger partial charge in [-0.3, -0.25) is 14.5 Å². The van der Waals surface area contributed by atoms with Gasteiger partial charge in [-0.1, -0.05) is 12.1 Å². The number of benzene rings is 1. The molecule has 2 aliphatic rings. The first-order chi connectivity index (χ1) is 13.5. The lowest BCUT2D eigenvalue weighted by atomic mass is 9.92. The highest BCUT2D eigenvalue weighted by Crippen LogP contribution is 2.30. The Morgan fingerprint density at radius 3 is 2.71 bits per heavy atom. The van der Waals surface area contributed by atoms with Crippen molar-refractivity contribution in [2.45, 2.75) is 38.5 Å². The zero-order valence-corrected chi connectivity index (χ0v) is 16.5. The molecule has 0 saturated carbocycles. The van der Waals surface area contributed by atoms with Crippen molar-refractivity contribution in [2.24, 2.45) is 11.7 Å². The van der Waals surface area contributed by atoms with Gasteiger partial charge in [0.25, 0.3) is 0 Å². The molecule has 4 rings (SSSR count). The van der Waals surface area contributed by atoms with E-state index in [1.807, 2.05) is 15.9 Å². The average molecular weight is 383 g/mol. The summed E-state index contributed by atoms with van der Waals surface area (Å²) in [5, 5.41) is 0. The Labute approximate surface area is 165 Å². The van der Waals surface area contributed by atoms with Crippen LogP contribution in [0.4, 0.5) is 0 Å². The fraction of sp³-hybridized carbons (Fsp3) is 0.571. The summed E-state index contributed by atoms with van der Waals surface area (Å²) in [5.41, 5.74) is 8.63. The second-order valence-electron chi connectivity index (χ2n) is 8.23. The van der Waals surface area contributed by atoms with Crippen LogP contribution in [0.1, 0.15) is 43.0 Å². The van der Waals surface area contributed by atoms with E-state index in [1.165, 1.54) is 5.56 Å². The number of piperidine rings is 2. The largest absolute Gasteiger partial charge is 0.369 e. The first-order valence-corrected chi connectivity index (χ1v) is 10.3. The highest BCUT2D eigenvalue weighted by atomic mass is 16.2. The minimum Gasteiger partial charge on any atom is -0.369 e. The van der Waals surface area contributed by atoms with Crippen molar-refractivity contribution in [1.29, 1.82) is 0 Å². The summed E-state index contributed by atoms with van der Waals surface area (Å²) in [6.07, 6.45) is 3.71. The molecule has 3 N–H and O–H groups in total. The molecule has 0 radical (unpaired) electrons. The number of fused-ring (bicyclic) bond motifs is 1. The van der Waals surface area contributed by atoms with Crippen LogP contribution in [0, 0.1) is 12.8 Å². The third-order valence-corrected chi connectivity index (χ3v) is 6.16. The number of imidazole rings is 1. The van der Waals surface area contributed by atoms with Gasteiger partial charge in [0.05, 0.1) is 23.5 Å². The molecule has 7 nitrogen and oxygen atoms in total. The van der Waals surface area contributed by atoms with Gasteiger partial charge in [0.2, 0.25) is 11.8 Å². The minimum absolute atomic E-state index is 0.0153. The van der Waals surface area contributed by atoms with Gasteiger partial charge < -0.3 is 15.6 Å². The molecule has 2 fully saturated rings. The van der Waals surface area contributed by atoms with Crippen molar-refractivity contribution in [3.8, 4) is 0 Å². The predicted molar refractivity (Wildman–Crippen MR) is 108 cm³/mol. The molecule has 0 spiro atoms. The fourth-order valence-electron chi connectivity index (χ4n) is 4.64. The maximum Gasteiger partial charge on any atom is 0.231 e. The number of aromatic nitrogens is 2. The molecule has 3 heterocycles. The van der Waals surface area contributed by atoms with E-state index in [0.29, 0.717) is 12.5 Å². The molecule has 28 heavy (non-hydrogen) atoms. The van der Waals surface area contributed by atoms with Crippen LogP contribution in [0.3, 0.4) is 0 Å². The number of carbonyl (C=O) groups excluding carboxylic acids is 2. The number of carbonyl (C=O) groups is 2. The second kappa shape index (κ2) is 7.91. The van der Waals surface area contributed by atoms with Crippen molar-refractivity contribution in [2.75, 3.05) is 32.7 Å². The molecule has 0 aliphatic carbocycles. The Kier molecular flexibility index (Phi) is 5.35. The van der Waals surface area contributed by atoms with Crippen molar-refractivity contribution in [3.63, 3.8) is 0 Å². The Balaban J connectivity index is 1.36. The second-order valence-corrected chi connectivity index (χ2v) is 8.23. The number of nitrogens with zero attached hydrogens (tertiary/aromatic N) is 3. The molecule has 1 unspecified atom stereocenters. The normalized spacial score (nSPS) is 21.9. The van der Waals surface area contributed by atoms with E-state index in [2.05, 4.69) is 24.0 Å². The molecule has 1 aromatic carbocycles. The smallest absolute Gasteiger partial charge is 0.231 e. The first-order valence-electron chi connectivity index (χ1n) is 10.3. The lowest BCUT2D eigenvalue weighted by molar-refractivity contribution is -0.139. The number of hydrogen-bond donors (Lipinski definition) is 2. The van der Waals surface area contributed by atoms with Crippen LogP contribution in [0.2, 0.25) is 0 Å². The summed E-state index contributed by atoms with van der Waals surface area (Å²) >= 11 is 0. The average Bonchev–Trinajstić information content (AvgIpc) is 3.13. The SMILES string of the molecule is Cc1cccc2[nH]c(C3CCN(C(=O)C4CCCN(CC(N)=O)C4)CC3)nc12. The summed E-state index contributed by atoms with van der Waals surface area (Å²) < 4.78 is 0. The van der Waals surface area contributed by atoms with Crippen LogP contribution < -0.4 is 5.73 Å². The third kappa shape index (κ3) is 3.90. The predicted octanol–water partition coefficient (Wildman–Crippen LogP) is 1.77. The van der Waals surface area contributed by atoms with Crippen LogP contribution in [-0.4, -0.2) is 64.3 Å². The van der Waals surface area contributed by atoms with Gasteiger partial charge in [0.15, 0.2) is 0 Å². The van der Waals surface area contributed by atoms with Crippen LogP contribution in [0.15, 0.2) is 18.2 Å². The van der Waals surface area contributed by atoms with Gasteiger partial charge in [-0.2, -0.15) is 0 Å². The zero-order valence-electron chi connectivity index (χ0n) is 16.5. The standard InChI is InChI=1S/C21H29N5O2/c1-14-4-2-6-17-19(14)24-20(23-17)15-7-10-26(11-8-15)21(28)16-5-3-9-25(12-16)13-18(22)27/h2,4,6,15-16H,3,5,7-13H2,1H3,(H2,22,27)(H,23,24). The number of nitrogens with two attached hydrogens (primary N) is 1. The minimum atomic E-state index is -0.324. The number of aromatic amines is 1. The van der Waals surface area contributed by atoms with Crippen LogP contribution in [-0.2, 0) is 9.59 Å². The van der Waals surface area contributed by atoms with Crippen LogP contribution in [0.25, 0.3) is 11.0 Å². The summed E-state index contributed by atoms with van der Waals surface area (Å²) in [5.74, 6) is 1.30. The Bertz CT molecular complexity index is 869. The maximum atomic E-state index is 13.0. The number of likely N-dealkylation sites (tertiary alicyclic amines) is 2. The van der Waals surface area contributed by atoms with E-state index in [4.69, 9.17) is 10.7 Å². The van der Waals surface area contributed by atoms with Crippen LogP contribution >= 0.6 is 0 Å². The number of primary amides is 1. The fourth-order valence-corrected chi connectivity index (χ4v) is 4.64. The van der Waals surface area contributed by atoms with Gasteiger partial charge >= 0.3 is 0 Å². The van der Waals surface area contributed by atoms with Gasteiger partial charge in [0.1, 0.15) is 5.82 Å². The molecule has 2 saturated heterocycles. The topological polar surface area (TPSA) is 95.3 Å². The summed E-state index contributed by atoms with van der Waals surface area (Å²) in [7, 11) is 0. The van der Waals surface area contributed by atoms with E-state index in [1.54, 1.807) is 0 Å². The molecule has 1 aromatic heterocycles. The summed E-state index contributed by atoms with van der Waals surface area (Å²) in [6.45, 7) is 5.36. The van der Waals surface area contributed by atoms with E-state index in [9.17, 15) is 9.59 Å². The lowest BCUT2D eigenvalue weighted by Crippen LogP contribution is -2.48. The molecule has 1 atom stereocenters. The van der Waals surface area contributed by atoms with Crippen molar-refractivity contribution in [1.82, 2.24) is 19.8 Å². The number of nitrogens with one attached hydrogen (secondary N) is 1. The number of hydrogen-bond acceptors (Lipinski definition) is 4. The quantitative estimate of drug-likeness (QED) is 0.841. The van der Waals surface area contributed by atoms with Gasteiger partial charge in [-0.25, -0.2) is 4.98 Å². The van der Waals surface area contributed by atoms with Gasteiger partial charge in [0, 0.05) is 25.6 Å². The van der Waals surface area contributed by atoms with Gasteiger partial charge in [-0.05, 0) is 50.8 Å². The molecular formula is C21H29N5O2. The Morgan fingerprint density at radius 2 is 2.00 bits per heavy atom. The lowest BCUT2D eigenvalue weighted by Gasteiger charge is -2.37. The van der Waals surface area contributed by atoms with E-state index in [0.717, 1.165) is 62.2 Å². The van der Waals surface area contributed by atoms with Crippen molar-refractivity contribution in [3.05, 3.63) is 29.6 Å². The summed E-state index contributed by atoms with van der Waals surface area (Å²) in [4.78, 5) is 36.5. The number of amides is 2. The molecule has 150 valence electrons. The zero-order chi connectivity index (χ0) is 19.7. The van der Waals surface area contributed by atoms with Gasteiger partial charge in [-0.15, -0.1) is 0 Å². The monoisotopic (exact) mass is 383 g/mol. The first kappa shape index (κ1) is 18.9. The van der Waals surface area contributed by atoms with Crippen LogP contribution in [0.5, 0.6) is 0 Å². The van der Waals surface area contributed by atoms with E-state index in [-0.39, 0.29) is 24.3 Å². The molecule has 2 amide bonds. The number of aryl methyl sites for hydroxylation is 1. The molecule has 0 bridgehead atoms. The third-order valence-electron chi connectivity index (χ3n) is 6.16. The molecule has 2 aliphatic heterocycles. The maximum absolute atomic E-state index is 13.0. The Hall–Kier alpha value is -2.41. The molecule has 2 aromatic rings. The molecule has 7 heteroatoms. The summed E-state index contributed by atoms with van der Waals surface area (Å²) in [6, 6.07) is 6.20. The van der Waals surface area contributed by atoms with Crippen molar-refractivity contribution < 1.29 is 9.59 Å². The Morgan fingerprint density at radius 1 is 1.21 bits per heavy atom. The van der Waals surface area contributed by atoms with E-state index >= 15 is 0 Å². The number of H-pyrrole nitrogens is 1. The van der Waals surface area contributed by atoms with E-state index < -0.39 is 0 Å². The number of para-hydroxylation sites is 1. The number of rotatable bonds is 4.